The second-order valence-corrected chi connectivity index (χ2v) is 10.4. The van der Waals surface area contributed by atoms with E-state index >= 15 is 0 Å². The zero-order chi connectivity index (χ0) is 21.1. The highest BCUT2D eigenvalue weighted by atomic mass is 32.2. The minimum Gasteiger partial charge on any atom is -0.347 e. The van der Waals surface area contributed by atoms with E-state index in [9.17, 15) is 18.0 Å². The van der Waals surface area contributed by atoms with Gasteiger partial charge in [-0.3, -0.25) is 9.59 Å². The summed E-state index contributed by atoms with van der Waals surface area (Å²) in [6, 6.07) is 8.69. The molecule has 2 amide bonds. The molecule has 2 aromatic rings. The Kier molecular flexibility index (Phi) is 6.21. The summed E-state index contributed by atoms with van der Waals surface area (Å²) in [5.74, 6) is -0.363. The molecule has 0 spiro atoms. The van der Waals surface area contributed by atoms with E-state index in [0.717, 1.165) is 55.7 Å². The summed E-state index contributed by atoms with van der Waals surface area (Å²) in [5, 5.41) is 4.44. The molecular formula is C21H25N3O4S2. The number of benzene rings is 1. The van der Waals surface area contributed by atoms with E-state index in [-0.39, 0.29) is 22.2 Å². The molecule has 1 aromatic heterocycles. The molecule has 30 heavy (non-hydrogen) atoms. The van der Waals surface area contributed by atoms with Gasteiger partial charge in [0.05, 0.1) is 0 Å². The Hall–Kier alpha value is -2.23. The maximum Gasteiger partial charge on any atom is 0.263 e. The normalized spacial score (nSPS) is 17.4. The van der Waals surface area contributed by atoms with Crippen molar-refractivity contribution < 1.29 is 18.0 Å². The zero-order valence-corrected chi connectivity index (χ0v) is 18.3. The summed E-state index contributed by atoms with van der Waals surface area (Å²) < 4.78 is 27.1. The number of hydrogen-bond donors (Lipinski definition) is 1. The first-order chi connectivity index (χ1) is 14.5. The molecule has 9 heteroatoms. The van der Waals surface area contributed by atoms with Crippen LogP contribution < -0.4 is 5.32 Å². The largest absolute Gasteiger partial charge is 0.347 e. The maximum atomic E-state index is 12.8. The van der Waals surface area contributed by atoms with Crippen LogP contribution in [0.4, 0.5) is 0 Å². The maximum absolute atomic E-state index is 12.8. The second-order valence-electron chi connectivity index (χ2n) is 7.60. The van der Waals surface area contributed by atoms with Crippen LogP contribution in [0.1, 0.15) is 51.3 Å². The molecule has 2 aliphatic heterocycles. The second kappa shape index (κ2) is 8.87. The first-order valence-corrected chi connectivity index (χ1v) is 12.5. The molecule has 4 rings (SSSR count). The lowest BCUT2D eigenvalue weighted by Crippen LogP contribution is -2.30. The molecule has 1 aromatic carbocycles. The minimum atomic E-state index is -3.64. The van der Waals surface area contributed by atoms with E-state index < -0.39 is 15.9 Å². The van der Waals surface area contributed by atoms with Crippen molar-refractivity contribution in [3.63, 3.8) is 0 Å². The molecular weight excluding hydrogens is 422 g/mol. The predicted octanol–water partition coefficient (Wildman–Crippen LogP) is 2.70. The lowest BCUT2D eigenvalue weighted by atomic mass is 10.1. The van der Waals surface area contributed by atoms with Crippen molar-refractivity contribution in [1.82, 2.24) is 14.5 Å². The van der Waals surface area contributed by atoms with Crippen molar-refractivity contribution in [2.75, 3.05) is 26.2 Å². The van der Waals surface area contributed by atoms with Gasteiger partial charge in [-0.05, 0) is 54.8 Å². The fourth-order valence-corrected chi connectivity index (χ4v) is 6.70. The SMILES string of the molecule is O=C(NCc1ccc(C(=O)N2CCCC2)cc1)c1sccc1S(=O)(=O)N1CCCC1. The molecule has 0 saturated carbocycles. The number of likely N-dealkylation sites (tertiary alicyclic amines) is 1. The first-order valence-electron chi connectivity index (χ1n) is 10.2. The number of hydrogen-bond acceptors (Lipinski definition) is 5. The number of carbonyl (C=O) groups is 2. The average Bonchev–Trinajstić information content (AvgIpc) is 3.53. The fourth-order valence-electron chi connectivity index (χ4n) is 3.86. The molecule has 0 unspecified atom stereocenters. The molecule has 0 atom stereocenters. The molecule has 2 saturated heterocycles. The van der Waals surface area contributed by atoms with Crippen LogP contribution in [0, 0.1) is 0 Å². The number of nitrogens with zero attached hydrogens (tertiary/aromatic N) is 2. The Labute approximate surface area is 180 Å². The third kappa shape index (κ3) is 4.28. The highest BCUT2D eigenvalue weighted by molar-refractivity contribution is 7.89. The van der Waals surface area contributed by atoms with Gasteiger partial charge in [0, 0.05) is 38.3 Å². The number of nitrogens with one attached hydrogen (secondary N) is 1. The minimum absolute atomic E-state index is 0.0402. The first kappa shape index (κ1) is 21.0. The molecule has 0 aliphatic carbocycles. The molecule has 3 heterocycles. The van der Waals surface area contributed by atoms with E-state index in [4.69, 9.17) is 0 Å². The van der Waals surface area contributed by atoms with Gasteiger partial charge < -0.3 is 10.2 Å². The van der Waals surface area contributed by atoms with E-state index in [1.807, 2.05) is 17.0 Å². The van der Waals surface area contributed by atoms with Gasteiger partial charge in [0.15, 0.2) is 0 Å². The van der Waals surface area contributed by atoms with Crippen LogP contribution in [0.25, 0.3) is 0 Å². The summed E-state index contributed by atoms with van der Waals surface area (Å²) in [4.78, 5) is 27.2. The van der Waals surface area contributed by atoms with Crippen LogP contribution in [0.5, 0.6) is 0 Å². The summed E-state index contributed by atoms with van der Waals surface area (Å²) in [6.45, 7) is 2.88. The van der Waals surface area contributed by atoms with Crippen LogP contribution in [-0.4, -0.2) is 55.6 Å². The third-order valence-electron chi connectivity index (χ3n) is 5.57. The van der Waals surface area contributed by atoms with E-state index in [1.165, 1.54) is 10.4 Å². The number of rotatable bonds is 6. The molecule has 0 bridgehead atoms. The van der Waals surface area contributed by atoms with E-state index in [2.05, 4.69) is 5.32 Å². The summed E-state index contributed by atoms with van der Waals surface area (Å²) >= 11 is 1.13. The van der Waals surface area contributed by atoms with Crippen LogP contribution in [0.2, 0.25) is 0 Å². The molecule has 160 valence electrons. The van der Waals surface area contributed by atoms with Gasteiger partial charge in [0.1, 0.15) is 9.77 Å². The van der Waals surface area contributed by atoms with Crippen LogP contribution in [0.3, 0.4) is 0 Å². The summed E-state index contributed by atoms with van der Waals surface area (Å²) in [7, 11) is -3.64. The molecule has 1 N–H and O–H groups in total. The van der Waals surface area contributed by atoms with Crippen molar-refractivity contribution >= 4 is 33.2 Å². The molecule has 0 radical (unpaired) electrons. The van der Waals surface area contributed by atoms with Gasteiger partial charge in [-0.1, -0.05) is 12.1 Å². The topological polar surface area (TPSA) is 86.8 Å². The number of amides is 2. The highest BCUT2D eigenvalue weighted by Crippen LogP contribution is 2.27. The van der Waals surface area contributed by atoms with Gasteiger partial charge in [-0.25, -0.2) is 8.42 Å². The monoisotopic (exact) mass is 447 g/mol. The highest BCUT2D eigenvalue weighted by Gasteiger charge is 2.31. The van der Waals surface area contributed by atoms with Crippen molar-refractivity contribution in [3.05, 3.63) is 51.7 Å². The number of carbonyl (C=O) groups excluding carboxylic acids is 2. The van der Waals surface area contributed by atoms with Crippen molar-refractivity contribution in [1.29, 1.82) is 0 Å². The Morgan fingerprint density at radius 3 is 2.23 bits per heavy atom. The van der Waals surface area contributed by atoms with Gasteiger partial charge in [0.2, 0.25) is 10.0 Å². The number of sulfonamides is 1. The lowest BCUT2D eigenvalue weighted by Gasteiger charge is -2.16. The summed E-state index contributed by atoms with van der Waals surface area (Å²) in [5.41, 5.74) is 1.49. The van der Waals surface area contributed by atoms with Crippen LogP contribution >= 0.6 is 11.3 Å². The van der Waals surface area contributed by atoms with Crippen molar-refractivity contribution in [2.45, 2.75) is 37.1 Å². The third-order valence-corrected chi connectivity index (χ3v) is 8.55. The number of thiophene rings is 1. The van der Waals surface area contributed by atoms with Crippen molar-refractivity contribution in [2.24, 2.45) is 0 Å². The molecule has 2 fully saturated rings. The van der Waals surface area contributed by atoms with E-state index in [1.54, 1.807) is 17.5 Å². The van der Waals surface area contributed by atoms with Crippen LogP contribution in [-0.2, 0) is 16.6 Å². The van der Waals surface area contributed by atoms with Gasteiger partial charge in [0.25, 0.3) is 11.8 Å². The van der Waals surface area contributed by atoms with Gasteiger partial charge in [-0.15, -0.1) is 11.3 Å². The Morgan fingerprint density at radius 1 is 0.933 bits per heavy atom. The molecule has 2 aliphatic rings. The Balaban J connectivity index is 1.40. The fraction of sp³-hybridized carbons (Fsp3) is 0.429. The predicted molar refractivity (Wildman–Crippen MR) is 115 cm³/mol. The lowest BCUT2D eigenvalue weighted by molar-refractivity contribution is 0.0792. The Morgan fingerprint density at radius 2 is 1.57 bits per heavy atom. The van der Waals surface area contributed by atoms with Crippen LogP contribution in [0.15, 0.2) is 40.6 Å². The zero-order valence-electron chi connectivity index (χ0n) is 16.7. The van der Waals surface area contributed by atoms with Crippen molar-refractivity contribution in [3.8, 4) is 0 Å². The summed E-state index contributed by atoms with van der Waals surface area (Å²) in [6.07, 6.45) is 3.80. The quantitative estimate of drug-likeness (QED) is 0.738. The smallest absolute Gasteiger partial charge is 0.263 e. The molecule has 7 nitrogen and oxygen atoms in total. The standard InChI is InChI=1S/C21H25N3O4S2/c25-20(19-18(9-14-29-19)30(27,28)24-12-3-4-13-24)22-15-16-5-7-17(8-6-16)21(26)23-10-1-2-11-23/h5-9,14H,1-4,10-13,15H2,(H,22,25). The average molecular weight is 448 g/mol. The van der Waals surface area contributed by atoms with E-state index in [0.29, 0.717) is 18.7 Å². The van der Waals surface area contributed by atoms with Gasteiger partial charge >= 0.3 is 0 Å². The van der Waals surface area contributed by atoms with Gasteiger partial charge in [-0.2, -0.15) is 4.31 Å². The Bertz CT molecular complexity index is 1020.